The van der Waals surface area contributed by atoms with E-state index in [-0.39, 0.29) is 0 Å². The maximum atomic E-state index is 9.18. The van der Waals surface area contributed by atoms with E-state index < -0.39 is 6.23 Å². The van der Waals surface area contributed by atoms with E-state index in [1.807, 2.05) is 16.7 Å². The van der Waals surface area contributed by atoms with Crippen molar-refractivity contribution in [3.05, 3.63) is 0 Å². The minimum absolute atomic E-state index is 0.348. The molecular weight excluding hydrogens is 148 g/mol. The fraction of sp³-hybridized carbons (Fsp3) is 1.00. The van der Waals surface area contributed by atoms with Crippen LogP contribution in [0, 0.1) is 0 Å². The summed E-state index contributed by atoms with van der Waals surface area (Å²) < 4.78 is 0. The number of nitrogens with two attached hydrogens (primary N) is 1. The zero-order valence-electron chi connectivity index (χ0n) is 6.16. The molecule has 10 heavy (non-hydrogen) atoms. The smallest absolute Gasteiger partial charge is 0.120 e. The molecule has 0 bridgehead atoms. The zero-order chi connectivity index (χ0) is 7.56. The van der Waals surface area contributed by atoms with Crippen molar-refractivity contribution in [2.75, 3.05) is 18.8 Å². The summed E-state index contributed by atoms with van der Waals surface area (Å²) in [5, 5.41) is 9.71. The first kappa shape index (κ1) is 8.33. The van der Waals surface area contributed by atoms with Gasteiger partial charge in [-0.05, 0) is 5.75 Å². The van der Waals surface area contributed by atoms with Gasteiger partial charge in [0, 0.05) is 13.1 Å². The molecule has 3 atom stereocenters. The van der Waals surface area contributed by atoms with E-state index in [9.17, 15) is 5.11 Å². The monoisotopic (exact) mass is 162 g/mol. The lowest BCUT2D eigenvalue weighted by Crippen LogP contribution is -2.28. The molecule has 1 heterocycles. The molecule has 60 valence electrons. The summed E-state index contributed by atoms with van der Waals surface area (Å²) in [6, 6.07) is 0. The quantitative estimate of drug-likeness (QED) is 0.555. The third kappa shape index (κ3) is 1.85. The zero-order valence-corrected chi connectivity index (χ0v) is 6.97. The maximum Gasteiger partial charge on any atom is 0.120 e. The maximum absolute atomic E-state index is 9.18. The predicted molar refractivity (Wildman–Crippen MR) is 43.7 cm³/mol. The van der Waals surface area contributed by atoms with E-state index in [0.717, 1.165) is 12.3 Å². The van der Waals surface area contributed by atoms with Crippen LogP contribution in [0.5, 0.6) is 0 Å². The number of aliphatic hydroxyl groups excluding tert-OH is 1. The van der Waals surface area contributed by atoms with E-state index in [4.69, 9.17) is 5.73 Å². The molecule has 0 aromatic rings. The summed E-state index contributed by atoms with van der Waals surface area (Å²) in [6.07, 6.45) is -0.413. The van der Waals surface area contributed by atoms with Crippen LogP contribution >= 0.6 is 11.8 Å². The van der Waals surface area contributed by atoms with Crippen LogP contribution in [0.25, 0.3) is 0 Å². The van der Waals surface area contributed by atoms with Gasteiger partial charge in [0.1, 0.15) is 6.23 Å². The van der Waals surface area contributed by atoms with Crippen LogP contribution in [-0.4, -0.2) is 40.5 Å². The number of hydrogen-bond donors (Lipinski definition) is 2. The molecule has 0 aliphatic carbocycles. The van der Waals surface area contributed by atoms with Crippen LogP contribution in [0.3, 0.4) is 0 Å². The van der Waals surface area contributed by atoms with Crippen molar-refractivity contribution in [1.82, 2.24) is 4.90 Å². The molecule has 0 aromatic carbocycles. The van der Waals surface area contributed by atoms with E-state index in [1.54, 1.807) is 0 Å². The molecule has 3 nitrogen and oxygen atoms in total. The summed E-state index contributed by atoms with van der Waals surface area (Å²) in [4.78, 5) is 1.99. The largest absolute Gasteiger partial charge is 0.377 e. The van der Waals surface area contributed by atoms with Gasteiger partial charge in [0.15, 0.2) is 0 Å². The summed E-state index contributed by atoms with van der Waals surface area (Å²) in [7, 11) is 0. The third-order valence-corrected chi connectivity index (χ3v) is 2.69. The van der Waals surface area contributed by atoms with Gasteiger partial charge < -0.3 is 10.8 Å². The predicted octanol–water partition coefficient (Wildman–Crippen LogP) is -0.342. The summed E-state index contributed by atoms with van der Waals surface area (Å²) in [6.45, 7) is 3.47. The van der Waals surface area contributed by atoms with Crippen molar-refractivity contribution < 1.29 is 5.11 Å². The van der Waals surface area contributed by atoms with Gasteiger partial charge in [-0.15, -0.1) is 11.8 Å². The molecule has 1 saturated heterocycles. The number of nitrogens with zero attached hydrogens (tertiary/aromatic N) is 1. The van der Waals surface area contributed by atoms with Gasteiger partial charge in [-0.2, -0.15) is 0 Å². The van der Waals surface area contributed by atoms with Gasteiger partial charge in [0.2, 0.25) is 0 Å². The Kier molecular flexibility index (Phi) is 2.97. The van der Waals surface area contributed by atoms with Crippen LogP contribution in [0.1, 0.15) is 6.92 Å². The molecule has 1 aliphatic heterocycles. The van der Waals surface area contributed by atoms with E-state index >= 15 is 0 Å². The molecule has 0 spiro atoms. The molecule has 1 rings (SSSR count). The lowest BCUT2D eigenvalue weighted by molar-refractivity contribution is 0.0867. The summed E-state index contributed by atoms with van der Waals surface area (Å²) in [5.74, 6) is 1.11. The standard InChI is InChI=1S/C6H14N2OS/c1-2-10-6-4-8(6)5(9)3-7/h5-6,9H,2-4,7H2,1H3. The van der Waals surface area contributed by atoms with Gasteiger partial charge >= 0.3 is 0 Å². The van der Waals surface area contributed by atoms with E-state index in [1.165, 1.54) is 0 Å². The molecule has 0 amide bonds. The van der Waals surface area contributed by atoms with Gasteiger partial charge in [-0.25, -0.2) is 0 Å². The summed E-state index contributed by atoms with van der Waals surface area (Å²) >= 11 is 1.86. The lowest BCUT2D eigenvalue weighted by atomic mass is 10.6. The van der Waals surface area contributed by atoms with Crippen LogP contribution in [0.15, 0.2) is 0 Å². The minimum Gasteiger partial charge on any atom is -0.377 e. The van der Waals surface area contributed by atoms with Crippen molar-refractivity contribution in [3.63, 3.8) is 0 Å². The Labute approximate surface area is 65.6 Å². The number of rotatable bonds is 4. The van der Waals surface area contributed by atoms with Crippen molar-refractivity contribution >= 4 is 11.8 Å². The van der Waals surface area contributed by atoms with Crippen molar-refractivity contribution in [2.45, 2.75) is 18.5 Å². The van der Waals surface area contributed by atoms with Crippen molar-refractivity contribution in [2.24, 2.45) is 5.73 Å². The average Bonchev–Trinajstić information content (AvgIpc) is 2.67. The van der Waals surface area contributed by atoms with Crippen molar-refractivity contribution in [1.29, 1.82) is 0 Å². The second-order valence-electron chi connectivity index (χ2n) is 2.32. The first-order chi connectivity index (χ1) is 4.79. The van der Waals surface area contributed by atoms with Gasteiger partial charge in [0.05, 0.1) is 5.37 Å². The highest BCUT2D eigenvalue weighted by Crippen LogP contribution is 2.29. The molecule has 3 N–H and O–H groups in total. The fourth-order valence-corrected chi connectivity index (χ4v) is 1.92. The van der Waals surface area contributed by atoms with Gasteiger partial charge in [0.25, 0.3) is 0 Å². The van der Waals surface area contributed by atoms with Crippen LogP contribution in [0.4, 0.5) is 0 Å². The Balaban J connectivity index is 2.12. The van der Waals surface area contributed by atoms with Gasteiger partial charge in [-0.3, -0.25) is 4.90 Å². The number of hydrogen-bond acceptors (Lipinski definition) is 4. The molecule has 0 saturated carbocycles. The lowest BCUT2D eigenvalue weighted by Gasteiger charge is -2.08. The average molecular weight is 162 g/mol. The summed E-state index contributed by atoms with van der Waals surface area (Å²) in [5.41, 5.74) is 5.27. The van der Waals surface area contributed by atoms with E-state index in [2.05, 4.69) is 6.92 Å². The van der Waals surface area contributed by atoms with Gasteiger partial charge in [-0.1, -0.05) is 6.92 Å². The highest BCUT2D eigenvalue weighted by atomic mass is 32.2. The Morgan fingerprint density at radius 1 is 1.90 bits per heavy atom. The Morgan fingerprint density at radius 2 is 2.60 bits per heavy atom. The molecule has 3 unspecified atom stereocenters. The Hall–Kier alpha value is 0.230. The second kappa shape index (κ2) is 3.57. The second-order valence-corrected chi connectivity index (χ2v) is 3.78. The highest BCUT2D eigenvalue weighted by Gasteiger charge is 2.37. The molecule has 0 radical (unpaired) electrons. The molecular formula is C6H14N2OS. The first-order valence-corrected chi connectivity index (χ1v) is 4.60. The Morgan fingerprint density at radius 3 is 3.10 bits per heavy atom. The molecule has 0 aromatic heterocycles. The fourth-order valence-electron chi connectivity index (χ4n) is 0.923. The van der Waals surface area contributed by atoms with Crippen LogP contribution in [-0.2, 0) is 0 Å². The SMILES string of the molecule is CCSC1CN1C(O)CN. The number of aliphatic hydroxyl groups is 1. The minimum atomic E-state index is -0.413. The Bertz CT molecular complexity index is 112. The normalized spacial score (nSPS) is 33.9. The number of thioether (sulfide) groups is 1. The molecule has 1 aliphatic rings. The third-order valence-electron chi connectivity index (χ3n) is 1.56. The van der Waals surface area contributed by atoms with Crippen LogP contribution in [0.2, 0.25) is 0 Å². The van der Waals surface area contributed by atoms with Crippen LogP contribution < -0.4 is 5.73 Å². The van der Waals surface area contributed by atoms with E-state index in [0.29, 0.717) is 11.9 Å². The molecule has 4 heteroatoms. The first-order valence-electron chi connectivity index (χ1n) is 3.55. The topological polar surface area (TPSA) is 49.3 Å². The highest BCUT2D eigenvalue weighted by molar-refractivity contribution is 8.00. The van der Waals surface area contributed by atoms with Crippen molar-refractivity contribution in [3.8, 4) is 0 Å². The molecule has 1 fully saturated rings.